The maximum atomic E-state index is 12.3. The Balaban J connectivity index is 0.000001000. The van der Waals surface area contributed by atoms with Gasteiger partial charge < -0.3 is 5.73 Å². The SMILES string of the molecule is Cl.Nc1cc(F)ccc1C=O. The number of nitrogens with two attached hydrogens (primary N) is 1. The number of hydrogen-bond acceptors (Lipinski definition) is 2. The average molecular weight is 176 g/mol. The van der Waals surface area contributed by atoms with E-state index in [2.05, 4.69) is 0 Å². The molecule has 0 aliphatic heterocycles. The van der Waals surface area contributed by atoms with Crippen LogP contribution in [0.25, 0.3) is 0 Å². The third-order valence-corrected chi connectivity index (χ3v) is 1.18. The van der Waals surface area contributed by atoms with Crippen molar-refractivity contribution in [2.75, 3.05) is 5.73 Å². The van der Waals surface area contributed by atoms with E-state index in [1.54, 1.807) is 0 Å². The van der Waals surface area contributed by atoms with Crippen molar-refractivity contribution in [3.8, 4) is 0 Å². The summed E-state index contributed by atoms with van der Waals surface area (Å²) in [7, 11) is 0. The summed E-state index contributed by atoms with van der Waals surface area (Å²) in [5.41, 5.74) is 5.76. The van der Waals surface area contributed by atoms with Crippen LogP contribution >= 0.6 is 12.4 Å². The van der Waals surface area contributed by atoms with Crippen LogP contribution in [-0.4, -0.2) is 6.29 Å². The summed E-state index contributed by atoms with van der Waals surface area (Å²) >= 11 is 0. The summed E-state index contributed by atoms with van der Waals surface area (Å²) in [5, 5.41) is 0. The van der Waals surface area contributed by atoms with Crippen LogP contribution in [0.15, 0.2) is 18.2 Å². The van der Waals surface area contributed by atoms with Crippen LogP contribution < -0.4 is 5.73 Å². The van der Waals surface area contributed by atoms with Crippen LogP contribution in [0, 0.1) is 5.82 Å². The Morgan fingerprint density at radius 3 is 2.55 bits per heavy atom. The van der Waals surface area contributed by atoms with Gasteiger partial charge in [-0.3, -0.25) is 4.79 Å². The molecule has 1 rings (SSSR count). The number of nitrogen functional groups attached to an aromatic ring is 1. The summed E-state index contributed by atoms with van der Waals surface area (Å²) in [6.07, 6.45) is 0.592. The third-order valence-electron chi connectivity index (χ3n) is 1.18. The van der Waals surface area contributed by atoms with E-state index >= 15 is 0 Å². The normalized spacial score (nSPS) is 8.45. The van der Waals surface area contributed by atoms with Gasteiger partial charge in [-0.1, -0.05) is 0 Å². The molecule has 0 atom stereocenters. The van der Waals surface area contributed by atoms with Gasteiger partial charge in [0.2, 0.25) is 0 Å². The summed E-state index contributed by atoms with van der Waals surface area (Å²) in [5.74, 6) is -0.428. The van der Waals surface area contributed by atoms with Gasteiger partial charge in [0.25, 0.3) is 0 Å². The minimum absolute atomic E-state index is 0. The first kappa shape index (κ1) is 9.91. The molecule has 0 spiro atoms. The number of hydrogen-bond donors (Lipinski definition) is 1. The highest BCUT2D eigenvalue weighted by Crippen LogP contribution is 2.10. The zero-order valence-electron chi connectivity index (χ0n) is 5.58. The molecule has 0 bridgehead atoms. The number of carbonyl (C=O) groups excluding carboxylic acids is 1. The fourth-order valence-electron chi connectivity index (χ4n) is 0.653. The molecule has 0 heterocycles. The number of carbonyl (C=O) groups is 1. The van der Waals surface area contributed by atoms with Gasteiger partial charge in [-0.2, -0.15) is 0 Å². The molecule has 11 heavy (non-hydrogen) atoms. The van der Waals surface area contributed by atoms with Gasteiger partial charge in [0.1, 0.15) is 5.82 Å². The number of benzene rings is 1. The highest BCUT2D eigenvalue weighted by atomic mass is 35.5. The van der Waals surface area contributed by atoms with Crippen LogP contribution in [-0.2, 0) is 0 Å². The predicted octanol–water partition coefficient (Wildman–Crippen LogP) is 1.64. The first-order valence-corrected chi connectivity index (χ1v) is 2.74. The van der Waals surface area contributed by atoms with Gasteiger partial charge in [0.05, 0.1) is 0 Å². The minimum atomic E-state index is -0.428. The molecule has 1 aromatic rings. The number of aldehydes is 1. The van der Waals surface area contributed by atoms with E-state index in [1.807, 2.05) is 0 Å². The van der Waals surface area contributed by atoms with E-state index < -0.39 is 5.82 Å². The van der Waals surface area contributed by atoms with Crippen molar-refractivity contribution in [3.63, 3.8) is 0 Å². The highest BCUT2D eigenvalue weighted by Gasteiger charge is 1.96. The Kier molecular flexibility index (Phi) is 3.54. The fourth-order valence-corrected chi connectivity index (χ4v) is 0.653. The van der Waals surface area contributed by atoms with Gasteiger partial charge >= 0.3 is 0 Å². The van der Waals surface area contributed by atoms with Crippen LogP contribution in [0.5, 0.6) is 0 Å². The average Bonchev–Trinajstić information content (AvgIpc) is 1.88. The largest absolute Gasteiger partial charge is 0.398 e. The predicted molar refractivity (Wildman–Crippen MR) is 43.4 cm³/mol. The van der Waals surface area contributed by atoms with E-state index in [0.717, 1.165) is 6.07 Å². The van der Waals surface area contributed by atoms with Crippen molar-refractivity contribution in [3.05, 3.63) is 29.6 Å². The maximum absolute atomic E-state index is 12.3. The molecule has 0 aliphatic rings. The monoisotopic (exact) mass is 175 g/mol. The quantitative estimate of drug-likeness (QED) is 0.521. The van der Waals surface area contributed by atoms with E-state index in [-0.39, 0.29) is 18.1 Å². The van der Waals surface area contributed by atoms with Gasteiger partial charge in [-0.15, -0.1) is 12.4 Å². The van der Waals surface area contributed by atoms with Crippen molar-refractivity contribution >= 4 is 24.4 Å². The molecule has 0 saturated heterocycles. The molecule has 0 aliphatic carbocycles. The molecule has 1 aromatic carbocycles. The molecule has 0 amide bonds. The lowest BCUT2D eigenvalue weighted by molar-refractivity contribution is 0.112. The smallest absolute Gasteiger partial charge is 0.152 e. The van der Waals surface area contributed by atoms with E-state index in [1.165, 1.54) is 12.1 Å². The van der Waals surface area contributed by atoms with E-state index in [9.17, 15) is 9.18 Å². The first-order valence-electron chi connectivity index (χ1n) is 2.74. The summed E-state index contributed by atoms with van der Waals surface area (Å²) < 4.78 is 12.3. The molecule has 2 nitrogen and oxygen atoms in total. The molecule has 0 aromatic heterocycles. The van der Waals surface area contributed by atoms with Crippen molar-refractivity contribution in [1.29, 1.82) is 0 Å². The molecule has 2 N–H and O–H groups in total. The number of halogens is 2. The molecule has 0 radical (unpaired) electrons. The Hall–Kier alpha value is -1.09. The van der Waals surface area contributed by atoms with Crippen LogP contribution in [0.2, 0.25) is 0 Å². The Morgan fingerprint density at radius 2 is 2.09 bits per heavy atom. The standard InChI is InChI=1S/C7H6FNO.ClH/c8-6-2-1-5(4-10)7(9)3-6;/h1-4H,9H2;1H. The minimum Gasteiger partial charge on any atom is -0.398 e. The summed E-state index contributed by atoms with van der Waals surface area (Å²) in [4.78, 5) is 10.1. The van der Waals surface area contributed by atoms with Gasteiger partial charge in [0.15, 0.2) is 6.29 Å². The molecular formula is C7H7ClFNO. The molecule has 60 valence electrons. The lowest BCUT2D eigenvalue weighted by Crippen LogP contribution is -1.92. The molecule has 0 fully saturated rings. The Labute approximate surface area is 69.6 Å². The Bertz CT molecular complexity index is 265. The molecule has 0 unspecified atom stereocenters. The molecule has 0 saturated carbocycles. The van der Waals surface area contributed by atoms with Crippen molar-refractivity contribution in [2.24, 2.45) is 0 Å². The van der Waals surface area contributed by atoms with E-state index in [0.29, 0.717) is 11.8 Å². The van der Waals surface area contributed by atoms with Crippen molar-refractivity contribution < 1.29 is 9.18 Å². The first-order chi connectivity index (χ1) is 4.74. The summed E-state index contributed by atoms with van der Waals surface area (Å²) in [6.45, 7) is 0. The maximum Gasteiger partial charge on any atom is 0.152 e. The molecule has 4 heteroatoms. The van der Waals surface area contributed by atoms with Crippen molar-refractivity contribution in [1.82, 2.24) is 0 Å². The van der Waals surface area contributed by atoms with Crippen LogP contribution in [0.3, 0.4) is 0 Å². The Morgan fingerprint density at radius 1 is 1.45 bits per heavy atom. The van der Waals surface area contributed by atoms with Crippen LogP contribution in [0.1, 0.15) is 10.4 Å². The molecular weight excluding hydrogens is 169 g/mol. The lowest BCUT2D eigenvalue weighted by Gasteiger charge is -1.95. The van der Waals surface area contributed by atoms with Crippen molar-refractivity contribution in [2.45, 2.75) is 0 Å². The van der Waals surface area contributed by atoms with Gasteiger partial charge in [-0.25, -0.2) is 4.39 Å². The lowest BCUT2D eigenvalue weighted by atomic mass is 10.2. The van der Waals surface area contributed by atoms with Gasteiger partial charge in [0, 0.05) is 11.3 Å². The number of anilines is 1. The third kappa shape index (κ3) is 2.20. The summed E-state index contributed by atoms with van der Waals surface area (Å²) in [6, 6.07) is 3.65. The zero-order valence-corrected chi connectivity index (χ0v) is 6.40. The fraction of sp³-hybridized carbons (Fsp3) is 0. The second-order valence-electron chi connectivity index (χ2n) is 1.89. The highest BCUT2D eigenvalue weighted by molar-refractivity contribution is 5.85. The number of rotatable bonds is 1. The second kappa shape index (κ2) is 3.93. The second-order valence-corrected chi connectivity index (χ2v) is 1.89. The van der Waals surface area contributed by atoms with Gasteiger partial charge in [-0.05, 0) is 18.2 Å². The zero-order chi connectivity index (χ0) is 7.56. The van der Waals surface area contributed by atoms with Crippen LogP contribution in [0.4, 0.5) is 10.1 Å². The van der Waals surface area contributed by atoms with E-state index in [4.69, 9.17) is 5.73 Å². The topological polar surface area (TPSA) is 43.1 Å².